The first-order chi connectivity index (χ1) is 14.4. The summed E-state index contributed by atoms with van der Waals surface area (Å²) in [5.74, 6) is 0.964. The molecule has 0 saturated carbocycles. The highest BCUT2D eigenvalue weighted by Crippen LogP contribution is 2.37. The van der Waals surface area contributed by atoms with Gasteiger partial charge in [-0.25, -0.2) is 18.1 Å². The van der Waals surface area contributed by atoms with Crippen LogP contribution in [0.1, 0.15) is 22.6 Å². The molecule has 158 valence electrons. The van der Waals surface area contributed by atoms with Crippen LogP contribution in [0, 0.1) is 0 Å². The average Bonchev–Trinajstić information content (AvgIpc) is 3.30. The molecule has 4 rings (SSSR count). The van der Waals surface area contributed by atoms with Gasteiger partial charge < -0.3 is 15.0 Å². The number of imidazole rings is 1. The van der Waals surface area contributed by atoms with Crippen LogP contribution in [0.2, 0.25) is 0 Å². The lowest BCUT2D eigenvalue weighted by atomic mass is 9.91. The second kappa shape index (κ2) is 8.59. The highest BCUT2D eigenvalue weighted by molar-refractivity contribution is 7.89. The third-order valence-corrected chi connectivity index (χ3v) is 6.75. The van der Waals surface area contributed by atoms with Crippen LogP contribution in [-0.4, -0.2) is 37.2 Å². The van der Waals surface area contributed by atoms with Crippen LogP contribution in [0.5, 0.6) is 5.75 Å². The van der Waals surface area contributed by atoms with Crippen LogP contribution in [0.15, 0.2) is 66.1 Å². The number of hydrogen-bond donors (Lipinski definition) is 2. The van der Waals surface area contributed by atoms with E-state index >= 15 is 0 Å². The highest BCUT2D eigenvalue weighted by Gasteiger charge is 2.30. The predicted octanol–water partition coefficient (Wildman–Crippen LogP) is 1.99. The molecule has 2 aromatic carbocycles. The second-order valence-corrected chi connectivity index (χ2v) is 9.36. The van der Waals surface area contributed by atoms with E-state index in [1.54, 1.807) is 11.6 Å². The van der Waals surface area contributed by atoms with Crippen molar-refractivity contribution in [2.24, 2.45) is 12.8 Å². The van der Waals surface area contributed by atoms with Crippen molar-refractivity contribution in [2.75, 3.05) is 13.2 Å². The maximum absolute atomic E-state index is 12.2. The normalized spacial score (nSPS) is 18.3. The summed E-state index contributed by atoms with van der Waals surface area (Å²) < 4.78 is 34.3. The Kier molecular flexibility index (Phi) is 5.90. The molecule has 1 aliphatic rings. The number of fused-ring (bicyclic) bond motifs is 1. The zero-order valence-electron chi connectivity index (χ0n) is 16.9. The lowest BCUT2D eigenvalue weighted by Gasteiger charge is -2.17. The van der Waals surface area contributed by atoms with Crippen molar-refractivity contribution in [3.8, 4) is 5.75 Å². The number of aryl methyl sites for hydroxylation is 1. The van der Waals surface area contributed by atoms with Gasteiger partial charge in [-0.2, -0.15) is 0 Å². The molecule has 1 heterocycles. The minimum absolute atomic E-state index is 0.000252. The summed E-state index contributed by atoms with van der Waals surface area (Å²) in [5.41, 5.74) is 10.2. The third-order valence-electron chi connectivity index (χ3n) is 5.41. The number of ether oxygens (including phenoxy) is 1. The van der Waals surface area contributed by atoms with E-state index in [0.29, 0.717) is 0 Å². The Labute approximate surface area is 176 Å². The molecule has 0 fully saturated rings. The van der Waals surface area contributed by atoms with Crippen LogP contribution in [0.3, 0.4) is 0 Å². The summed E-state index contributed by atoms with van der Waals surface area (Å²) in [5, 5.41) is 0.000252. The highest BCUT2D eigenvalue weighted by atomic mass is 32.2. The fourth-order valence-electron chi connectivity index (χ4n) is 3.90. The lowest BCUT2D eigenvalue weighted by molar-refractivity contribution is 0.322. The van der Waals surface area contributed by atoms with Crippen LogP contribution in [0.4, 0.5) is 0 Å². The molecule has 0 amide bonds. The number of nitrogens with zero attached hydrogens (tertiary/aromatic N) is 2. The Morgan fingerprint density at radius 1 is 1.23 bits per heavy atom. The second-order valence-electron chi connectivity index (χ2n) is 7.65. The molecule has 0 saturated heterocycles. The zero-order valence-corrected chi connectivity index (χ0v) is 17.7. The van der Waals surface area contributed by atoms with Crippen molar-refractivity contribution in [1.82, 2.24) is 14.3 Å². The molecule has 0 radical (unpaired) electrons. The quantitative estimate of drug-likeness (QED) is 0.537. The van der Waals surface area contributed by atoms with Gasteiger partial charge in [0.2, 0.25) is 0 Å². The number of nitrogens with one attached hydrogen (secondary N) is 1. The zero-order chi connectivity index (χ0) is 21.1. The summed E-state index contributed by atoms with van der Waals surface area (Å²) in [6.07, 6.45) is 4.66. The number of benzene rings is 2. The molecule has 7 nitrogen and oxygen atoms in total. The largest absolute Gasteiger partial charge is 0.492 e. The standard InChI is InChI=1S/C22H26N4O3S/c1-26-14-22(24-15-26)30(27,28)25-9-10-29-18-8-7-17-12-21(23)20(19(17)13-18)11-16-5-3-2-4-6-16/h2-8,13-15,20-21,25H,9-12,23H2,1H3. The van der Waals surface area contributed by atoms with Crippen molar-refractivity contribution >= 4 is 10.0 Å². The van der Waals surface area contributed by atoms with Gasteiger partial charge >= 0.3 is 0 Å². The van der Waals surface area contributed by atoms with E-state index in [2.05, 4.69) is 27.9 Å². The first-order valence-electron chi connectivity index (χ1n) is 9.95. The van der Waals surface area contributed by atoms with Crippen molar-refractivity contribution in [1.29, 1.82) is 0 Å². The van der Waals surface area contributed by atoms with Crippen molar-refractivity contribution in [2.45, 2.75) is 29.8 Å². The Bertz CT molecular complexity index is 1110. The summed E-state index contributed by atoms with van der Waals surface area (Å²) in [4.78, 5) is 3.87. The van der Waals surface area contributed by atoms with Crippen LogP contribution < -0.4 is 15.2 Å². The van der Waals surface area contributed by atoms with Gasteiger partial charge in [-0.3, -0.25) is 0 Å². The molecule has 1 aromatic heterocycles. The Hall–Kier alpha value is -2.68. The Morgan fingerprint density at radius 3 is 2.77 bits per heavy atom. The SMILES string of the molecule is Cn1cnc(S(=O)(=O)NCCOc2ccc3c(c2)C(Cc2ccccc2)C(N)C3)c1. The van der Waals surface area contributed by atoms with E-state index in [1.807, 2.05) is 30.3 Å². The Balaban J connectivity index is 1.37. The summed E-state index contributed by atoms with van der Waals surface area (Å²) in [6, 6.07) is 16.5. The number of sulfonamides is 1. The van der Waals surface area contributed by atoms with E-state index < -0.39 is 10.0 Å². The predicted molar refractivity (Wildman–Crippen MR) is 115 cm³/mol. The molecule has 0 spiro atoms. The summed E-state index contributed by atoms with van der Waals surface area (Å²) >= 11 is 0. The maximum Gasteiger partial charge on any atom is 0.259 e. The Morgan fingerprint density at radius 2 is 2.03 bits per heavy atom. The monoisotopic (exact) mass is 426 g/mol. The van der Waals surface area contributed by atoms with Gasteiger partial charge in [-0.05, 0) is 41.7 Å². The molecule has 30 heavy (non-hydrogen) atoms. The van der Waals surface area contributed by atoms with Crippen LogP contribution >= 0.6 is 0 Å². The first-order valence-corrected chi connectivity index (χ1v) is 11.4. The molecule has 3 N–H and O–H groups in total. The number of aromatic nitrogens is 2. The van der Waals surface area contributed by atoms with Crippen LogP contribution in [0.25, 0.3) is 0 Å². The molecule has 0 aliphatic heterocycles. The van der Waals surface area contributed by atoms with Gasteiger partial charge in [-0.1, -0.05) is 36.4 Å². The maximum atomic E-state index is 12.2. The molecule has 1 aliphatic carbocycles. The van der Waals surface area contributed by atoms with Gasteiger partial charge in [0.05, 0.1) is 6.33 Å². The average molecular weight is 427 g/mol. The lowest BCUT2D eigenvalue weighted by Crippen LogP contribution is -2.28. The molecular weight excluding hydrogens is 400 g/mol. The number of hydrogen-bond acceptors (Lipinski definition) is 5. The topological polar surface area (TPSA) is 99.2 Å². The van der Waals surface area contributed by atoms with Crippen molar-refractivity contribution in [3.63, 3.8) is 0 Å². The minimum atomic E-state index is -3.63. The van der Waals surface area contributed by atoms with Gasteiger partial charge in [0.1, 0.15) is 12.4 Å². The fourth-order valence-corrected chi connectivity index (χ4v) is 4.89. The van der Waals surface area contributed by atoms with E-state index in [4.69, 9.17) is 10.5 Å². The van der Waals surface area contributed by atoms with Gasteiger partial charge in [0.15, 0.2) is 5.03 Å². The molecule has 2 atom stereocenters. The van der Waals surface area contributed by atoms with Gasteiger partial charge in [-0.15, -0.1) is 0 Å². The van der Waals surface area contributed by atoms with Crippen molar-refractivity contribution in [3.05, 3.63) is 77.7 Å². The fraction of sp³-hybridized carbons (Fsp3) is 0.318. The molecule has 2 unspecified atom stereocenters. The smallest absolute Gasteiger partial charge is 0.259 e. The van der Waals surface area contributed by atoms with Crippen molar-refractivity contribution < 1.29 is 13.2 Å². The van der Waals surface area contributed by atoms with Crippen LogP contribution in [-0.2, 0) is 29.9 Å². The van der Waals surface area contributed by atoms with Gasteiger partial charge in [0.25, 0.3) is 10.0 Å². The van der Waals surface area contributed by atoms with E-state index in [-0.39, 0.29) is 30.1 Å². The summed E-state index contributed by atoms with van der Waals surface area (Å²) in [7, 11) is -1.91. The van der Waals surface area contributed by atoms with E-state index in [1.165, 1.54) is 29.2 Å². The first kappa shape index (κ1) is 20.6. The van der Waals surface area contributed by atoms with E-state index in [0.717, 1.165) is 18.6 Å². The van der Waals surface area contributed by atoms with E-state index in [9.17, 15) is 8.42 Å². The molecule has 8 heteroatoms. The molecular formula is C22H26N4O3S. The molecule has 3 aromatic rings. The third kappa shape index (κ3) is 4.56. The van der Waals surface area contributed by atoms with Gasteiger partial charge in [0, 0.05) is 31.7 Å². The minimum Gasteiger partial charge on any atom is -0.492 e. The molecule has 0 bridgehead atoms. The summed E-state index contributed by atoms with van der Waals surface area (Å²) in [6.45, 7) is 0.378. The number of nitrogens with two attached hydrogens (primary N) is 1. The number of rotatable bonds is 8.